The zero-order valence-corrected chi connectivity index (χ0v) is 15.5. The molecule has 0 amide bonds. The summed E-state index contributed by atoms with van der Waals surface area (Å²) in [5.74, 6) is 1.21. The van der Waals surface area contributed by atoms with Crippen LogP contribution in [0.25, 0.3) is 0 Å². The summed E-state index contributed by atoms with van der Waals surface area (Å²) in [4.78, 5) is 6.82. The maximum atomic E-state index is 12.7. The van der Waals surface area contributed by atoms with E-state index in [0.717, 1.165) is 49.7 Å². The number of rotatable bonds is 4. The summed E-state index contributed by atoms with van der Waals surface area (Å²) in [6.07, 6.45) is 0.658. The molecule has 1 aliphatic rings. The molecule has 1 aliphatic heterocycles. The van der Waals surface area contributed by atoms with Crippen molar-refractivity contribution in [1.82, 2.24) is 20.0 Å². The normalized spacial score (nSPS) is 18.2. The first-order valence-electron chi connectivity index (χ1n) is 9.04. The van der Waals surface area contributed by atoms with Crippen molar-refractivity contribution in [1.29, 1.82) is 0 Å². The smallest absolute Gasteiger partial charge is 0.357 e. The molecule has 1 atom stereocenters. The van der Waals surface area contributed by atoms with Gasteiger partial charge in [-0.05, 0) is 36.6 Å². The second kappa shape index (κ2) is 8.02. The lowest BCUT2D eigenvalue weighted by molar-refractivity contribution is -0.137. The Kier molecular flexibility index (Phi) is 5.72. The van der Waals surface area contributed by atoms with Crippen LogP contribution in [0.1, 0.15) is 36.0 Å². The monoisotopic (exact) mass is 379 g/mol. The van der Waals surface area contributed by atoms with Crippen LogP contribution in [-0.2, 0) is 19.8 Å². The van der Waals surface area contributed by atoms with Crippen molar-refractivity contribution in [3.8, 4) is 0 Å². The second-order valence-corrected chi connectivity index (χ2v) is 6.74. The topological polar surface area (TPSA) is 45.5 Å². The molecule has 1 saturated heterocycles. The van der Waals surface area contributed by atoms with Crippen molar-refractivity contribution >= 4 is 5.96 Å². The zero-order chi connectivity index (χ0) is 19.4. The summed E-state index contributed by atoms with van der Waals surface area (Å²) in [7, 11) is 1.91. The molecule has 0 bridgehead atoms. The van der Waals surface area contributed by atoms with Gasteiger partial charge in [-0.3, -0.25) is 4.68 Å². The third-order valence-corrected chi connectivity index (χ3v) is 4.71. The van der Waals surface area contributed by atoms with Crippen LogP contribution in [0.5, 0.6) is 0 Å². The molecular formula is C19H24F3N5. The molecule has 0 aliphatic carbocycles. The molecule has 5 nitrogen and oxygen atoms in total. The SMILES string of the molecule is CCNC(=NCc1ccc(C(F)(F)F)cc1)N1CCC(c2cnn(C)c2)C1. The lowest BCUT2D eigenvalue weighted by Gasteiger charge is -2.21. The Labute approximate surface area is 156 Å². The van der Waals surface area contributed by atoms with Crippen molar-refractivity contribution in [3.63, 3.8) is 0 Å². The van der Waals surface area contributed by atoms with Crippen LogP contribution < -0.4 is 5.32 Å². The highest BCUT2D eigenvalue weighted by molar-refractivity contribution is 5.80. The van der Waals surface area contributed by atoms with E-state index in [0.29, 0.717) is 12.5 Å². The molecular weight excluding hydrogens is 355 g/mol. The molecule has 8 heteroatoms. The third-order valence-electron chi connectivity index (χ3n) is 4.71. The largest absolute Gasteiger partial charge is 0.416 e. The third kappa shape index (κ3) is 4.81. The average molecular weight is 379 g/mol. The van der Waals surface area contributed by atoms with E-state index in [-0.39, 0.29) is 0 Å². The molecule has 2 aromatic rings. The van der Waals surface area contributed by atoms with E-state index in [9.17, 15) is 13.2 Å². The minimum absolute atomic E-state index is 0.342. The molecule has 0 radical (unpaired) electrons. The number of likely N-dealkylation sites (tertiary alicyclic amines) is 1. The number of hydrogen-bond acceptors (Lipinski definition) is 2. The van der Waals surface area contributed by atoms with Gasteiger partial charge >= 0.3 is 6.18 Å². The summed E-state index contributed by atoms with van der Waals surface area (Å²) >= 11 is 0. The first-order valence-corrected chi connectivity index (χ1v) is 9.04. The fourth-order valence-corrected chi connectivity index (χ4v) is 3.27. The summed E-state index contributed by atoms with van der Waals surface area (Å²) < 4.78 is 39.8. The van der Waals surface area contributed by atoms with Gasteiger partial charge < -0.3 is 10.2 Å². The average Bonchev–Trinajstić information content (AvgIpc) is 3.27. The van der Waals surface area contributed by atoms with Gasteiger partial charge in [0.05, 0.1) is 18.3 Å². The summed E-state index contributed by atoms with van der Waals surface area (Å²) in [6.45, 7) is 4.82. The molecule has 2 heterocycles. The number of aromatic nitrogens is 2. The van der Waals surface area contributed by atoms with Gasteiger partial charge in [-0.25, -0.2) is 4.99 Å². The van der Waals surface area contributed by atoms with Crippen LogP contribution in [0.15, 0.2) is 41.7 Å². The van der Waals surface area contributed by atoms with Gasteiger partial charge in [0.25, 0.3) is 0 Å². The lowest BCUT2D eigenvalue weighted by Crippen LogP contribution is -2.40. The molecule has 146 valence electrons. The Morgan fingerprint density at radius 3 is 2.63 bits per heavy atom. The number of benzene rings is 1. The van der Waals surface area contributed by atoms with Crippen LogP contribution in [0.4, 0.5) is 13.2 Å². The first-order chi connectivity index (χ1) is 12.9. The van der Waals surface area contributed by atoms with E-state index in [1.54, 1.807) is 0 Å². The summed E-state index contributed by atoms with van der Waals surface area (Å²) in [5.41, 5.74) is 1.33. The van der Waals surface area contributed by atoms with E-state index in [1.807, 2.05) is 31.0 Å². The van der Waals surface area contributed by atoms with Gasteiger partial charge in [-0.2, -0.15) is 18.3 Å². The highest BCUT2D eigenvalue weighted by Gasteiger charge is 2.30. The molecule has 1 aromatic heterocycles. The number of aryl methyl sites for hydroxylation is 1. The molecule has 1 fully saturated rings. The Hall–Kier alpha value is -2.51. The van der Waals surface area contributed by atoms with Crippen LogP contribution in [0.3, 0.4) is 0 Å². The van der Waals surface area contributed by atoms with Crippen LogP contribution >= 0.6 is 0 Å². The van der Waals surface area contributed by atoms with Crippen molar-refractivity contribution in [2.24, 2.45) is 12.0 Å². The minimum atomic E-state index is -4.31. The number of nitrogens with one attached hydrogen (secondary N) is 1. The number of aliphatic imine (C=N–C) groups is 1. The van der Waals surface area contributed by atoms with Crippen molar-refractivity contribution < 1.29 is 13.2 Å². The Morgan fingerprint density at radius 2 is 2.04 bits per heavy atom. The Balaban J connectivity index is 1.66. The van der Waals surface area contributed by atoms with E-state index in [2.05, 4.69) is 20.3 Å². The van der Waals surface area contributed by atoms with Gasteiger partial charge in [-0.15, -0.1) is 0 Å². The van der Waals surface area contributed by atoms with E-state index >= 15 is 0 Å². The van der Waals surface area contributed by atoms with Gasteiger partial charge in [0, 0.05) is 38.8 Å². The summed E-state index contributed by atoms with van der Waals surface area (Å²) in [5, 5.41) is 7.52. The van der Waals surface area contributed by atoms with Gasteiger partial charge in [0.1, 0.15) is 0 Å². The molecule has 0 spiro atoms. The number of nitrogens with zero attached hydrogens (tertiary/aromatic N) is 4. The van der Waals surface area contributed by atoms with E-state index in [1.165, 1.54) is 17.7 Å². The molecule has 1 N–H and O–H groups in total. The standard InChI is InChI=1S/C19H24F3N5/c1-3-23-18(24-10-14-4-6-17(7-5-14)19(20,21)22)27-9-8-15(13-27)16-11-25-26(2)12-16/h4-7,11-12,15H,3,8-10,13H2,1-2H3,(H,23,24). The number of hydrogen-bond donors (Lipinski definition) is 1. The molecule has 27 heavy (non-hydrogen) atoms. The predicted octanol–water partition coefficient (Wildman–Crippen LogP) is 3.39. The van der Waals surface area contributed by atoms with Crippen molar-refractivity contribution in [2.75, 3.05) is 19.6 Å². The van der Waals surface area contributed by atoms with E-state index < -0.39 is 11.7 Å². The van der Waals surface area contributed by atoms with Crippen molar-refractivity contribution in [3.05, 3.63) is 53.3 Å². The molecule has 1 aromatic carbocycles. The second-order valence-electron chi connectivity index (χ2n) is 6.74. The Morgan fingerprint density at radius 1 is 1.30 bits per heavy atom. The summed E-state index contributed by atoms with van der Waals surface area (Å²) in [6, 6.07) is 5.18. The van der Waals surface area contributed by atoms with E-state index in [4.69, 9.17) is 0 Å². The highest BCUT2D eigenvalue weighted by Crippen LogP contribution is 2.29. The van der Waals surface area contributed by atoms with Crippen LogP contribution in [0.2, 0.25) is 0 Å². The molecule has 1 unspecified atom stereocenters. The molecule has 3 rings (SSSR count). The number of halogens is 3. The van der Waals surface area contributed by atoms with Crippen molar-refractivity contribution in [2.45, 2.75) is 32.0 Å². The van der Waals surface area contributed by atoms with Gasteiger partial charge in [0.2, 0.25) is 0 Å². The molecule has 0 saturated carbocycles. The highest BCUT2D eigenvalue weighted by atomic mass is 19.4. The van der Waals surface area contributed by atoms with Gasteiger partial charge in [0.15, 0.2) is 5.96 Å². The minimum Gasteiger partial charge on any atom is -0.357 e. The van der Waals surface area contributed by atoms with Crippen LogP contribution in [-0.4, -0.2) is 40.3 Å². The lowest BCUT2D eigenvalue weighted by atomic mass is 10.0. The maximum Gasteiger partial charge on any atom is 0.416 e. The first kappa shape index (κ1) is 19.3. The van der Waals surface area contributed by atoms with Crippen LogP contribution in [0, 0.1) is 0 Å². The Bertz CT molecular complexity index is 779. The van der Waals surface area contributed by atoms with Gasteiger partial charge in [-0.1, -0.05) is 12.1 Å². The maximum absolute atomic E-state index is 12.7. The fourth-order valence-electron chi connectivity index (χ4n) is 3.27. The number of alkyl halides is 3. The number of guanidine groups is 1. The zero-order valence-electron chi connectivity index (χ0n) is 15.5. The predicted molar refractivity (Wildman–Crippen MR) is 98.4 cm³/mol. The fraction of sp³-hybridized carbons (Fsp3) is 0.474. The quantitative estimate of drug-likeness (QED) is 0.654.